The molecule has 3 aromatic rings. The molecule has 0 fully saturated rings. The van der Waals surface area contributed by atoms with Crippen LogP contribution in [0.4, 0.5) is 0 Å². The molecule has 0 amide bonds. The van der Waals surface area contributed by atoms with E-state index in [0.29, 0.717) is 15.6 Å². The second-order valence-electron chi connectivity index (χ2n) is 4.97. The molecule has 1 aromatic heterocycles. The van der Waals surface area contributed by atoms with Crippen LogP contribution in [0, 0.1) is 0 Å². The molecule has 0 saturated heterocycles. The van der Waals surface area contributed by atoms with E-state index in [1.54, 1.807) is 18.2 Å². The van der Waals surface area contributed by atoms with E-state index in [2.05, 4.69) is 0 Å². The Hall–Kier alpha value is -2.37. The standard InChI is InChI=1S/C17H12Cl2O5/c1-22-14-7-13-15(16(21)17(14)23-2)11(20)6-12(24-13)8-3-9(18)5-10(19)4-8/h3-7,21H,1-2H3. The number of fused-ring (bicyclic) bond motifs is 1. The minimum atomic E-state index is -0.430. The van der Waals surface area contributed by atoms with Crippen molar-refractivity contribution in [3.8, 4) is 28.6 Å². The number of hydrogen-bond donors (Lipinski definition) is 1. The number of hydrogen-bond acceptors (Lipinski definition) is 5. The van der Waals surface area contributed by atoms with Gasteiger partial charge >= 0.3 is 0 Å². The Balaban J connectivity index is 2.33. The molecule has 3 rings (SSSR count). The number of rotatable bonds is 3. The average molecular weight is 367 g/mol. The van der Waals surface area contributed by atoms with Crippen LogP contribution >= 0.6 is 23.2 Å². The van der Waals surface area contributed by atoms with Crippen molar-refractivity contribution < 1.29 is 19.0 Å². The number of benzene rings is 2. The number of methoxy groups -OCH3 is 2. The molecule has 0 atom stereocenters. The van der Waals surface area contributed by atoms with Crippen LogP contribution in [0.15, 0.2) is 39.5 Å². The number of aromatic hydroxyl groups is 1. The van der Waals surface area contributed by atoms with E-state index in [9.17, 15) is 9.90 Å². The molecular formula is C17H12Cl2O5. The fourth-order valence-electron chi connectivity index (χ4n) is 2.45. The van der Waals surface area contributed by atoms with Crippen molar-refractivity contribution in [1.29, 1.82) is 0 Å². The molecular weight excluding hydrogens is 355 g/mol. The Morgan fingerprint density at radius 2 is 1.67 bits per heavy atom. The van der Waals surface area contributed by atoms with Gasteiger partial charge in [-0.3, -0.25) is 4.79 Å². The van der Waals surface area contributed by atoms with Crippen LogP contribution in [0.25, 0.3) is 22.3 Å². The normalized spacial score (nSPS) is 10.8. The van der Waals surface area contributed by atoms with Gasteiger partial charge < -0.3 is 19.0 Å². The van der Waals surface area contributed by atoms with Crippen molar-refractivity contribution in [1.82, 2.24) is 0 Å². The number of phenols is 1. The van der Waals surface area contributed by atoms with Crippen LogP contribution in [0.2, 0.25) is 10.0 Å². The van der Waals surface area contributed by atoms with E-state index in [4.69, 9.17) is 37.1 Å². The lowest BCUT2D eigenvalue weighted by molar-refractivity contribution is 0.334. The van der Waals surface area contributed by atoms with E-state index in [1.165, 1.54) is 26.4 Å². The van der Waals surface area contributed by atoms with Crippen LogP contribution in [-0.4, -0.2) is 19.3 Å². The lowest BCUT2D eigenvalue weighted by Gasteiger charge is -2.12. The van der Waals surface area contributed by atoms with E-state index in [-0.39, 0.29) is 34.0 Å². The van der Waals surface area contributed by atoms with Gasteiger partial charge in [0.2, 0.25) is 5.75 Å². The third-order valence-electron chi connectivity index (χ3n) is 3.48. The predicted octanol–water partition coefficient (Wildman–Crippen LogP) is 4.49. The van der Waals surface area contributed by atoms with Gasteiger partial charge in [-0.15, -0.1) is 0 Å². The van der Waals surface area contributed by atoms with Crippen LogP contribution < -0.4 is 14.9 Å². The quantitative estimate of drug-likeness (QED) is 0.739. The average Bonchev–Trinajstić information content (AvgIpc) is 2.53. The summed E-state index contributed by atoms with van der Waals surface area (Å²) < 4.78 is 16.0. The second-order valence-corrected chi connectivity index (χ2v) is 5.84. The first-order valence-electron chi connectivity index (χ1n) is 6.83. The molecule has 0 saturated carbocycles. The highest BCUT2D eigenvalue weighted by atomic mass is 35.5. The number of phenolic OH excluding ortho intramolecular Hbond substituents is 1. The van der Waals surface area contributed by atoms with Gasteiger partial charge in [-0.25, -0.2) is 0 Å². The molecule has 0 aliphatic rings. The van der Waals surface area contributed by atoms with Gasteiger partial charge in [0.15, 0.2) is 16.9 Å². The molecule has 0 aliphatic heterocycles. The van der Waals surface area contributed by atoms with Crippen molar-refractivity contribution >= 4 is 34.2 Å². The van der Waals surface area contributed by atoms with Gasteiger partial charge in [0.1, 0.15) is 16.7 Å². The number of ether oxygens (including phenoxy) is 2. The summed E-state index contributed by atoms with van der Waals surface area (Å²) in [6.07, 6.45) is 0. The monoisotopic (exact) mass is 366 g/mol. The summed E-state index contributed by atoms with van der Waals surface area (Å²) in [5.74, 6) is 0.238. The topological polar surface area (TPSA) is 68.9 Å². The Kier molecular flexibility index (Phi) is 4.30. The molecule has 7 heteroatoms. The largest absolute Gasteiger partial charge is 0.504 e. The lowest BCUT2D eigenvalue weighted by Crippen LogP contribution is -2.03. The molecule has 5 nitrogen and oxygen atoms in total. The van der Waals surface area contributed by atoms with Gasteiger partial charge in [-0.05, 0) is 18.2 Å². The summed E-state index contributed by atoms with van der Waals surface area (Å²) in [6.45, 7) is 0. The fourth-order valence-corrected chi connectivity index (χ4v) is 2.97. The Labute approximate surface area is 146 Å². The third kappa shape index (κ3) is 2.77. The molecule has 0 bridgehead atoms. The Morgan fingerprint density at radius 3 is 2.25 bits per heavy atom. The van der Waals surface area contributed by atoms with Crippen LogP contribution in [-0.2, 0) is 0 Å². The van der Waals surface area contributed by atoms with Crippen molar-refractivity contribution in [2.75, 3.05) is 14.2 Å². The highest BCUT2D eigenvalue weighted by Crippen LogP contribution is 2.42. The van der Waals surface area contributed by atoms with Gasteiger partial charge in [0, 0.05) is 27.7 Å². The van der Waals surface area contributed by atoms with Gasteiger partial charge in [0.25, 0.3) is 0 Å². The summed E-state index contributed by atoms with van der Waals surface area (Å²) in [7, 11) is 2.79. The summed E-state index contributed by atoms with van der Waals surface area (Å²) in [4.78, 5) is 12.4. The molecule has 2 aromatic carbocycles. The zero-order valence-corrected chi connectivity index (χ0v) is 14.2. The minimum absolute atomic E-state index is 0.00419. The van der Waals surface area contributed by atoms with E-state index < -0.39 is 5.43 Å². The molecule has 24 heavy (non-hydrogen) atoms. The zero-order chi connectivity index (χ0) is 17.4. The second kappa shape index (κ2) is 6.26. The highest BCUT2D eigenvalue weighted by Gasteiger charge is 2.19. The van der Waals surface area contributed by atoms with Crippen LogP contribution in [0.3, 0.4) is 0 Å². The molecule has 0 unspecified atom stereocenters. The lowest BCUT2D eigenvalue weighted by atomic mass is 10.1. The maximum absolute atomic E-state index is 12.4. The summed E-state index contributed by atoms with van der Waals surface area (Å²) in [5, 5.41) is 11.1. The first kappa shape index (κ1) is 16.5. The van der Waals surface area contributed by atoms with E-state index >= 15 is 0 Å². The fraction of sp³-hybridized carbons (Fsp3) is 0.118. The molecule has 0 radical (unpaired) electrons. The molecule has 0 aliphatic carbocycles. The SMILES string of the molecule is COc1cc2oc(-c3cc(Cl)cc(Cl)c3)cc(=O)c2c(O)c1OC. The smallest absolute Gasteiger partial charge is 0.204 e. The Bertz CT molecular complexity index is 974. The maximum atomic E-state index is 12.4. The van der Waals surface area contributed by atoms with Crippen molar-refractivity contribution in [3.63, 3.8) is 0 Å². The summed E-state index contributed by atoms with van der Waals surface area (Å²) in [6, 6.07) is 7.56. The van der Waals surface area contributed by atoms with Gasteiger partial charge in [-0.2, -0.15) is 0 Å². The third-order valence-corrected chi connectivity index (χ3v) is 3.92. The van der Waals surface area contributed by atoms with E-state index in [1.807, 2.05) is 0 Å². The molecule has 1 N–H and O–H groups in total. The van der Waals surface area contributed by atoms with Crippen LogP contribution in [0.5, 0.6) is 17.2 Å². The minimum Gasteiger partial charge on any atom is -0.504 e. The predicted molar refractivity (Wildman–Crippen MR) is 92.7 cm³/mol. The first-order chi connectivity index (χ1) is 11.4. The highest BCUT2D eigenvalue weighted by molar-refractivity contribution is 6.35. The van der Waals surface area contributed by atoms with Crippen molar-refractivity contribution in [2.45, 2.75) is 0 Å². The van der Waals surface area contributed by atoms with Crippen LogP contribution in [0.1, 0.15) is 0 Å². The summed E-state index contributed by atoms with van der Waals surface area (Å²) in [5.41, 5.74) is 0.269. The summed E-state index contributed by atoms with van der Waals surface area (Å²) >= 11 is 12.0. The van der Waals surface area contributed by atoms with E-state index in [0.717, 1.165) is 0 Å². The molecule has 124 valence electrons. The van der Waals surface area contributed by atoms with Gasteiger partial charge in [0.05, 0.1) is 14.2 Å². The van der Waals surface area contributed by atoms with Crippen molar-refractivity contribution in [2.24, 2.45) is 0 Å². The van der Waals surface area contributed by atoms with Gasteiger partial charge in [-0.1, -0.05) is 23.2 Å². The van der Waals surface area contributed by atoms with Crippen molar-refractivity contribution in [3.05, 3.63) is 50.6 Å². The molecule has 1 heterocycles. The maximum Gasteiger partial charge on any atom is 0.204 e. The molecule has 0 spiro atoms. The number of halogens is 2. The zero-order valence-electron chi connectivity index (χ0n) is 12.7. The first-order valence-corrected chi connectivity index (χ1v) is 7.58. The Morgan fingerprint density at radius 1 is 1.00 bits per heavy atom.